The van der Waals surface area contributed by atoms with E-state index in [-0.39, 0.29) is 5.91 Å². The van der Waals surface area contributed by atoms with Crippen LogP contribution in [0.2, 0.25) is 0 Å². The Hall–Kier alpha value is -1.84. The topological polar surface area (TPSA) is 72.2 Å². The van der Waals surface area contributed by atoms with Crippen LogP contribution in [0.15, 0.2) is 30.3 Å². The van der Waals surface area contributed by atoms with Crippen LogP contribution in [-0.4, -0.2) is 11.8 Å². The first kappa shape index (κ1) is 14.1. The minimum atomic E-state index is -0.725. The summed E-state index contributed by atoms with van der Waals surface area (Å²) in [6, 6.07) is 8.46. The van der Waals surface area contributed by atoms with Crippen LogP contribution in [0.1, 0.15) is 43.7 Å². The number of benzene rings is 1. The number of fused-ring (bicyclic) bond motifs is 2. The molecule has 0 aromatic heterocycles. The number of carbonyl (C=O) groups is 2. The van der Waals surface area contributed by atoms with Gasteiger partial charge in [0.05, 0.1) is 0 Å². The van der Waals surface area contributed by atoms with Crippen LogP contribution in [0.4, 0.5) is 0 Å². The molecule has 0 heterocycles. The highest BCUT2D eigenvalue weighted by Crippen LogP contribution is 2.49. The fraction of sp³-hybridized carbons (Fsp3) is 0.529. The molecule has 1 aromatic rings. The number of nitrogens with one attached hydrogen (secondary N) is 1. The van der Waals surface area contributed by atoms with Gasteiger partial charge in [-0.15, -0.1) is 0 Å². The molecule has 0 spiro atoms. The Labute approximate surface area is 125 Å². The predicted octanol–water partition coefficient (Wildman–Crippen LogP) is 2.16. The lowest BCUT2D eigenvalue weighted by atomic mass is 9.86. The van der Waals surface area contributed by atoms with Gasteiger partial charge in [-0.3, -0.25) is 9.59 Å². The van der Waals surface area contributed by atoms with Gasteiger partial charge < -0.3 is 11.1 Å². The minimum absolute atomic E-state index is 0.0554. The van der Waals surface area contributed by atoms with Crippen molar-refractivity contribution >= 4 is 11.8 Å². The third kappa shape index (κ3) is 3.09. The number of hydrogen-bond donors (Lipinski definition) is 2. The second kappa shape index (κ2) is 5.88. The Morgan fingerprint density at radius 1 is 1.19 bits per heavy atom. The van der Waals surface area contributed by atoms with Crippen LogP contribution in [0.3, 0.4) is 0 Å². The summed E-state index contributed by atoms with van der Waals surface area (Å²) >= 11 is 0. The molecule has 3 rings (SSSR count). The van der Waals surface area contributed by atoms with E-state index in [0.29, 0.717) is 18.3 Å². The molecule has 4 atom stereocenters. The SMILES string of the molecule is NC(=O)C(NC(=O)CC1CC2CCC1C2)c1ccccc1. The van der Waals surface area contributed by atoms with Crippen LogP contribution >= 0.6 is 0 Å². The molecular weight excluding hydrogens is 264 g/mol. The highest BCUT2D eigenvalue weighted by Gasteiger charge is 2.40. The van der Waals surface area contributed by atoms with Crippen molar-refractivity contribution in [3.8, 4) is 0 Å². The third-order valence-corrected chi connectivity index (χ3v) is 5.05. The monoisotopic (exact) mass is 286 g/mol. The molecule has 4 nitrogen and oxygen atoms in total. The highest BCUT2D eigenvalue weighted by atomic mass is 16.2. The molecule has 2 amide bonds. The lowest BCUT2D eigenvalue weighted by Crippen LogP contribution is -2.38. The van der Waals surface area contributed by atoms with E-state index in [4.69, 9.17) is 5.73 Å². The predicted molar refractivity (Wildman–Crippen MR) is 80.1 cm³/mol. The Bertz CT molecular complexity index is 529. The van der Waals surface area contributed by atoms with E-state index in [0.717, 1.165) is 11.5 Å². The van der Waals surface area contributed by atoms with Gasteiger partial charge in [0.1, 0.15) is 6.04 Å². The molecule has 0 saturated heterocycles. The molecule has 2 aliphatic carbocycles. The average Bonchev–Trinajstić information content (AvgIpc) is 3.08. The smallest absolute Gasteiger partial charge is 0.244 e. The van der Waals surface area contributed by atoms with Crippen molar-refractivity contribution in [2.75, 3.05) is 0 Å². The van der Waals surface area contributed by atoms with Gasteiger partial charge in [0.2, 0.25) is 11.8 Å². The van der Waals surface area contributed by atoms with Gasteiger partial charge >= 0.3 is 0 Å². The molecule has 2 bridgehead atoms. The quantitative estimate of drug-likeness (QED) is 0.870. The number of amides is 2. The van der Waals surface area contributed by atoms with Crippen molar-refractivity contribution in [2.45, 2.75) is 38.1 Å². The Balaban J connectivity index is 1.61. The summed E-state index contributed by atoms with van der Waals surface area (Å²) in [6.45, 7) is 0. The van der Waals surface area contributed by atoms with Gasteiger partial charge in [-0.05, 0) is 42.6 Å². The van der Waals surface area contributed by atoms with Crippen LogP contribution in [0, 0.1) is 17.8 Å². The lowest BCUT2D eigenvalue weighted by Gasteiger charge is -2.22. The largest absolute Gasteiger partial charge is 0.368 e. The van der Waals surface area contributed by atoms with Crippen LogP contribution in [0.25, 0.3) is 0 Å². The summed E-state index contributed by atoms with van der Waals surface area (Å²) in [4.78, 5) is 23.9. The molecule has 21 heavy (non-hydrogen) atoms. The van der Waals surface area contributed by atoms with Crippen molar-refractivity contribution in [2.24, 2.45) is 23.5 Å². The third-order valence-electron chi connectivity index (χ3n) is 5.05. The molecule has 4 unspecified atom stereocenters. The first-order valence-corrected chi connectivity index (χ1v) is 7.77. The second-order valence-corrected chi connectivity index (χ2v) is 6.45. The van der Waals surface area contributed by atoms with Gasteiger partial charge in [0.15, 0.2) is 0 Å². The summed E-state index contributed by atoms with van der Waals surface area (Å²) in [5.41, 5.74) is 6.17. The van der Waals surface area contributed by atoms with Gasteiger partial charge in [0, 0.05) is 6.42 Å². The molecule has 4 heteroatoms. The van der Waals surface area contributed by atoms with E-state index in [1.54, 1.807) is 0 Å². The Morgan fingerprint density at radius 2 is 1.95 bits per heavy atom. The molecular formula is C17H22N2O2. The van der Waals surface area contributed by atoms with Crippen molar-refractivity contribution in [1.82, 2.24) is 5.32 Å². The normalized spacial score (nSPS) is 28.3. The fourth-order valence-electron chi connectivity index (χ4n) is 4.05. The molecule has 0 radical (unpaired) electrons. The van der Waals surface area contributed by atoms with Crippen molar-refractivity contribution in [1.29, 1.82) is 0 Å². The number of hydrogen-bond acceptors (Lipinski definition) is 2. The molecule has 3 N–H and O–H groups in total. The summed E-state index contributed by atoms with van der Waals surface area (Å²) < 4.78 is 0. The zero-order valence-electron chi connectivity index (χ0n) is 12.1. The Morgan fingerprint density at radius 3 is 2.52 bits per heavy atom. The van der Waals surface area contributed by atoms with Gasteiger partial charge in [-0.2, -0.15) is 0 Å². The van der Waals surface area contributed by atoms with E-state index in [1.807, 2.05) is 30.3 Å². The summed E-state index contributed by atoms with van der Waals surface area (Å²) in [5, 5.41) is 2.81. The molecule has 0 aliphatic heterocycles. The molecule has 2 aliphatic rings. The number of nitrogens with two attached hydrogens (primary N) is 1. The highest BCUT2D eigenvalue weighted by molar-refractivity contribution is 5.87. The molecule has 2 fully saturated rings. The van der Waals surface area contributed by atoms with Crippen LogP contribution in [0.5, 0.6) is 0 Å². The zero-order valence-corrected chi connectivity index (χ0v) is 12.1. The van der Waals surface area contributed by atoms with Gasteiger partial charge in [0.25, 0.3) is 0 Å². The van der Waals surface area contributed by atoms with E-state index < -0.39 is 11.9 Å². The van der Waals surface area contributed by atoms with Crippen LogP contribution in [-0.2, 0) is 9.59 Å². The molecule has 1 aromatic carbocycles. The maximum absolute atomic E-state index is 12.2. The van der Waals surface area contributed by atoms with Crippen LogP contribution < -0.4 is 11.1 Å². The molecule has 112 valence electrons. The first-order valence-electron chi connectivity index (χ1n) is 7.77. The van der Waals surface area contributed by atoms with E-state index in [1.165, 1.54) is 25.7 Å². The number of rotatable bonds is 5. The lowest BCUT2D eigenvalue weighted by molar-refractivity contribution is -0.128. The van der Waals surface area contributed by atoms with Gasteiger partial charge in [-0.25, -0.2) is 0 Å². The van der Waals surface area contributed by atoms with E-state index >= 15 is 0 Å². The maximum atomic E-state index is 12.2. The average molecular weight is 286 g/mol. The van der Waals surface area contributed by atoms with E-state index in [9.17, 15) is 9.59 Å². The fourth-order valence-corrected chi connectivity index (χ4v) is 4.05. The maximum Gasteiger partial charge on any atom is 0.244 e. The molecule has 2 saturated carbocycles. The van der Waals surface area contributed by atoms with Crippen molar-refractivity contribution in [3.63, 3.8) is 0 Å². The summed E-state index contributed by atoms with van der Waals surface area (Å²) in [5.74, 6) is 1.47. The Kier molecular flexibility index (Phi) is 3.95. The van der Waals surface area contributed by atoms with Crippen molar-refractivity contribution < 1.29 is 9.59 Å². The van der Waals surface area contributed by atoms with Crippen molar-refractivity contribution in [3.05, 3.63) is 35.9 Å². The van der Waals surface area contributed by atoms with Gasteiger partial charge in [-0.1, -0.05) is 36.8 Å². The zero-order chi connectivity index (χ0) is 14.8. The van der Waals surface area contributed by atoms with E-state index in [2.05, 4.69) is 5.32 Å². The first-order chi connectivity index (χ1) is 10.1. The summed E-state index contributed by atoms with van der Waals surface area (Å²) in [7, 11) is 0. The standard InChI is InChI=1S/C17H22N2O2/c18-17(21)16(12-4-2-1-3-5-12)19-15(20)10-14-9-11-6-7-13(14)8-11/h1-5,11,13-14,16H,6-10H2,(H2,18,21)(H,19,20). The summed E-state index contributed by atoms with van der Waals surface area (Å²) in [6.07, 6.45) is 5.58. The number of primary amides is 1. The number of carbonyl (C=O) groups excluding carboxylic acids is 2. The minimum Gasteiger partial charge on any atom is -0.368 e. The second-order valence-electron chi connectivity index (χ2n) is 6.45.